The highest BCUT2D eigenvalue weighted by Crippen LogP contribution is 2.31. The molecule has 1 aliphatic carbocycles. The molecule has 1 aromatic heterocycles. The van der Waals surface area contributed by atoms with Crippen molar-refractivity contribution in [1.82, 2.24) is 9.29 Å². The van der Waals surface area contributed by atoms with Crippen molar-refractivity contribution in [2.45, 2.75) is 36.3 Å². The molecule has 116 valence electrons. The third kappa shape index (κ3) is 3.39. The van der Waals surface area contributed by atoms with Gasteiger partial charge in [0.05, 0.1) is 11.2 Å². The number of aromatic nitrogens is 1. The number of carbonyl (C=O) groups is 1. The predicted octanol–water partition coefficient (Wildman–Crippen LogP) is 0.705. The van der Waals surface area contributed by atoms with Gasteiger partial charge in [0.1, 0.15) is 0 Å². The molecule has 2 rings (SSSR count). The number of rotatable bonds is 5. The minimum Gasteiger partial charge on any atom is -0.478 e. The normalized spacial score (nSPS) is 18.0. The maximum atomic E-state index is 12.3. The van der Waals surface area contributed by atoms with Gasteiger partial charge in [-0.1, -0.05) is 12.8 Å². The van der Waals surface area contributed by atoms with E-state index in [9.17, 15) is 18.3 Å². The van der Waals surface area contributed by atoms with Crippen LogP contribution in [-0.4, -0.2) is 53.1 Å². The van der Waals surface area contributed by atoms with E-state index in [1.165, 1.54) is 13.1 Å². The van der Waals surface area contributed by atoms with Crippen LogP contribution in [0.4, 0.5) is 0 Å². The van der Waals surface area contributed by atoms with Crippen molar-refractivity contribution >= 4 is 16.0 Å². The molecule has 0 aromatic carbocycles. The third-order valence-corrected chi connectivity index (χ3v) is 5.43. The molecule has 1 fully saturated rings. The molecule has 1 aromatic rings. The molecule has 0 spiro atoms. The third-order valence-electron chi connectivity index (χ3n) is 3.71. The lowest BCUT2D eigenvalue weighted by Gasteiger charge is -2.27. The number of pyridine rings is 1. The minimum atomic E-state index is -3.84. The van der Waals surface area contributed by atoms with Crippen LogP contribution in [0.2, 0.25) is 0 Å². The van der Waals surface area contributed by atoms with E-state index in [4.69, 9.17) is 5.11 Å². The largest absolute Gasteiger partial charge is 0.478 e. The predicted molar refractivity (Wildman–Crippen MR) is 74.4 cm³/mol. The van der Waals surface area contributed by atoms with Gasteiger partial charge in [-0.05, 0) is 25.0 Å². The number of hydrogen-bond acceptors (Lipinski definition) is 5. The Kier molecular flexibility index (Phi) is 4.31. The first-order chi connectivity index (χ1) is 9.74. The fourth-order valence-corrected chi connectivity index (χ4v) is 3.67. The fraction of sp³-hybridized carbons (Fsp3) is 0.538. The number of aliphatic hydroxyl groups is 1. The Morgan fingerprint density at radius 1 is 1.38 bits per heavy atom. The van der Waals surface area contributed by atoms with Crippen molar-refractivity contribution in [2.75, 3.05) is 13.6 Å². The van der Waals surface area contributed by atoms with Crippen molar-refractivity contribution < 1.29 is 23.4 Å². The zero-order chi connectivity index (χ0) is 15.7. The average Bonchev–Trinajstić information content (AvgIpc) is 2.85. The van der Waals surface area contributed by atoms with Gasteiger partial charge in [-0.25, -0.2) is 18.2 Å². The Morgan fingerprint density at radius 3 is 2.48 bits per heavy atom. The highest BCUT2D eigenvalue weighted by Gasteiger charge is 2.36. The van der Waals surface area contributed by atoms with Crippen molar-refractivity contribution in [3.05, 3.63) is 23.9 Å². The molecule has 1 saturated carbocycles. The maximum Gasteiger partial charge on any atom is 0.337 e. The van der Waals surface area contributed by atoms with E-state index < -0.39 is 21.6 Å². The fourth-order valence-electron chi connectivity index (χ4n) is 2.51. The van der Waals surface area contributed by atoms with E-state index >= 15 is 0 Å². The van der Waals surface area contributed by atoms with Crippen LogP contribution in [0.5, 0.6) is 0 Å². The zero-order valence-electron chi connectivity index (χ0n) is 11.7. The van der Waals surface area contributed by atoms with Crippen LogP contribution in [0.15, 0.2) is 23.4 Å². The van der Waals surface area contributed by atoms with E-state index in [1.54, 1.807) is 0 Å². The summed E-state index contributed by atoms with van der Waals surface area (Å²) in [5.74, 6) is -1.17. The van der Waals surface area contributed by atoms with Gasteiger partial charge < -0.3 is 10.2 Å². The lowest BCUT2D eigenvalue weighted by molar-refractivity contribution is 0.0333. The zero-order valence-corrected chi connectivity index (χ0v) is 12.5. The van der Waals surface area contributed by atoms with E-state index in [0.29, 0.717) is 12.8 Å². The molecular formula is C13H18N2O5S. The Labute approximate surface area is 123 Å². The van der Waals surface area contributed by atoms with Crippen LogP contribution in [0.3, 0.4) is 0 Å². The second-order valence-electron chi connectivity index (χ2n) is 5.38. The molecule has 0 aliphatic heterocycles. The standard InChI is InChI=1S/C13H18N2O5S/c1-15(9-13(18)6-2-3-7-13)21(19,20)11-5-4-10(8-14-11)12(16)17/h4-5,8,18H,2-3,6-7,9H2,1H3,(H,16,17). The summed E-state index contributed by atoms with van der Waals surface area (Å²) in [5.41, 5.74) is -1.06. The molecule has 8 heteroatoms. The topological polar surface area (TPSA) is 108 Å². The minimum absolute atomic E-state index is 0.0116. The summed E-state index contributed by atoms with van der Waals surface area (Å²) < 4.78 is 25.8. The Morgan fingerprint density at radius 2 is 2.00 bits per heavy atom. The molecule has 0 saturated heterocycles. The van der Waals surface area contributed by atoms with Gasteiger partial charge in [0, 0.05) is 19.8 Å². The molecule has 2 N–H and O–H groups in total. The lowest BCUT2D eigenvalue weighted by Crippen LogP contribution is -2.42. The number of sulfonamides is 1. The van der Waals surface area contributed by atoms with Crippen LogP contribution < -0.4 is 0 Å². The van der Waals surface area contributed by atoms with Gasteiger partial charge in [0.2, 0.25) is 0 Å². The lowest BCUT2D eigenvalue weighted by atomic mass is 10.0. The monoisotopic (exact) mass is 314 g/mol. The highest BCUT2D eigenvalue weighted by molar-refractivity contribution is 7.89. The van der Waals surface area contributed by atoms with E-state index in [-0.39, 0.29) is 17.1 Å². The second-order valence-corrected chi connectivity index (χ2v) is 7.37. The number of carboxylic acid groups (broad SMARTS) is 1. The number of carboxylic acids is 1. The first-order valence-electron chi connectivity index (χ1n) is 6.63. The first kappa shape index (κ1) is 15.9. The summed E-state index contributed by atoms with van der Waals surface area (Å²) in [6.45, 7) is 0.0116. The van der Waals surface area contributed by atoms with Gasteiger partial charge >= 0.3 is 5.97 Å². The number of nitrogens with zero attached hydrogens (tertiary/aromatic N) is 2. The van der Waals surface area contributed by atoms with Gasteiger partial charge in [0.25, 0.3) is 10.0 Å². The maximum absolute atomic E-state index is 12.3. The van der Waals surface area contributed by atoms with E-state index in [2.05, 4.69) is 4.98 Å². The number of likely N-dealkylation sites (N-methyl/N-ethyl adjacent to an activating group) is 1. The van der Waals surface area contributed by atoms with E-state index in [0.717, 1.165) is 29.4 Å². The van der Waals surface area contributed by atoms with Crippen LogP contribution in [0.1, 0.15) is 36.0 Å². The summed E-state index contributed by atoms with van der Waals surface area (Å²) in [5, 5.41) is 18.8. The van der Waals surface area contributed by atoms with E-state index in [1.807, 2.05) is 0 Å². The van der Waals surface area contributed by atoms with Crippen LogP contribution in [0.25, 0.3) is 0 Å². The second kappa shape index (κ2) is 5.70. The summed E-state index contributed by atoms with van der Waals surface area (Å²) in [6, 6.07) is 2.36. The Hall–Kier alpha value is -1.51. The molecule has 0 atom stereocenters. The van der Waals surface area contributed by atoms with Crippen molar-refractivity contribution in [1.29, 1.82) is 0 Å². The van der Waals surface area contributed by atoms with Crippen LogP contribution in [-0.2, 0) is 10.0 Å². The molecule has 1 aliphatic rings. The van der Waals surface area contributed by atoms with Crippen LogP contribution in [0, 0.1) is 0 Å². The van der Waals surface area contributed by atoms with Crippen LogP contribution >= 0.6 is 0 Å². The number of aromatic carboxylic acids is 1. The summed E-state index contributed by atoms with van der Waals surface area (Å²) in [4.78, 5) is 14.4. The highest BCUT2D eigenvalue weighted by atomic mass is 32.2. The smallest absolute Gasteiger partial charge is 0.337 e. The number of hydrogen-bond donors (Lipinski definition) is 2. The quantitative estimate of drug-likeness (QED) is 0.828. The van der Waals surface area contributed by atoms with Crippen molar-refractivity contribution in [2.24, 2.45) is 0 Å². The molecular weight excluding hydrogens is 296 g/mol. The SMILES string of the molecule is CN(CC1(O)CCCC1)S(=O)(=O)c1ccc(C(=O)O)cn1. The molecule has 0 unspecified atom stereocenters. The molecule has 0 amide bonds. The Bertz CT molecular complexity index is 620. The van der Waals surface area contributed by atoms with Gasteiger partial charge in [-0.3, -0.25) is 0 Å². The average molecular weight is 314 g/mol. The van der Waals surface area contributed by atoms with Crippen molar-refractivity contribution in [3.8, 4) is 0 Å². The molecule has 0 radical (unpaired) electrons. The Balaban J connectivity index is 2.18. The molecule has 0 bridgehead atoms. The summed E-state index contributed by atoms with van der Waals surface area (Å²) >= 11 is 0. The molecule has 1 heterocycles. The summed E-state index contributed by atoms with van der Waals surface area (Å²) in [7, 11) is -2.45. The van der Waals surface area contributed by atoms with Gasteiger partial charge in [-0.15, -0.1) is 0 Å². The molecule has 7 nitrogen and oxygen atoms in total. The van der Waals surface area contributed by atoms with Gasteiger partial charge in [0.15, 0.2) is 5.03 Å². The molecule has 21 heavy (non-hydrogen) atoms. The van der Waals surface area contributed by atoms with Gasteiger partial charge in [-0.2, -0.15) is 4.31 Å². The van der Waals surface area contributed by atoms with Crippen molar-refractivity contribution in [3.63, 3.8) is 0 Å². The summed E-state index contributed by atoms with van der Waals surface area (Å²) in [6.07, 6.45) is 3.94. The first-order valence-corrected chi connectivity index (χ1v) is 8.07.